The Morgan fingerprint density at radius 1 is 1.10 bits per heavy atom. The van der Waals surface area contributed by atoms with Gasteiger partial charge in [-0.05, 0) is 17.7 Å². The van der Waals surface area contributed by atoms with Crippen molar-refractivity contribution in [1.82, 2.24) is 10.1 Å². The van der Waals surface area contributed by atoms with Crippen molar-refractivity contribution in [2.24, 2.45) is 0 Å². The molecule has 1 heterocycles. The van der Waals surface area contributed by atoms with Gasteiger partial charge in [0.15, 0.2) is 17.3 Å². The Bertz CT molecular complexity index is 585. The van der Waals surface area contributed by atoms with Crippen LogP contribution in [0.2, 0.25) is 0 Å². The van der Waals surface area contributed by atoms with Crippen LogP contribution < -0.4 is 9.47 Å². The first kappa shape index (κ1) is 14.4. The zero-order valence-corrected chi connectivity index (χ0v) is 12.6. The van der Waals surface area contributed by atoms with Gasteiger partial charge < -0.3 is 14.0 Å². The first-order chi connectivity index (χ1) is 9.44. The summed E-state index contributed by atoms with van der Waals surface area (Å²) in [6.45, 7) is 6.16. The van der Waals surface area contributed by atoms with Crippen molar-refractivity contribution >= 4 is 0 Å². The summed E-state index contributed by atoms with van der Waals surface area (Å²) in [5, 5.41) is 4.02. The van der Waals surface area contributed by atoms with Gasteiger partial charge in [-0.15, -0.1) is 0 Å². The Balaban J connectivity index is 2.20. The highest BCUT2D eigenvalue weighted by molar-refractivity contribution is 5.43. The van der Waals surface area contributed by atoms with E-state index in [4.69, 9.17) is 14.0 Å². The van der Waals surface area contributed by atoms with Crippen molar-refractivity contribution in [1.29, 1.82) is 0 Å². The Kier molecular flexibility index (Phi) is 3.97. The molecule has 1 aromatic heterocycles. The summed E-state index contributed by atoms with van der Waals surface area (Å²) in [5.41, 5.74) is 0.922. The second-order valence-corrected chi connectivity index (χ2v) is 5.63. The summed E-state index contributed by atoms with van der Waals surface area (Å²) in [6.07, 6.45) is 0.573. The number of methoxy groups -OCH3 is 2. The van der Waals surface area contributed by atoms with E-state index < -0.39 is 0 Å². The quantitative estimate of drug-likeness (QED) is 0.859. The molecule has 20 heavy (non-hydrogen) atoms. The van der Waals surface area contributed by atoms with Crippen LogP contribution in [0.4, 0.5) is 0 Å². The standard InChI is InChI=1S/C15H20N2O3/c1-15(2,3)14-16-13(20-17-14)9-10-6-7-11(18-4)12(8-10)19-5/h6-8H,9H2,1-5H3. The lowest BCUT2D eigenvalue weighted by molar-refractivity contribution is 0.353. The summed E-state index contributed by atoms with van der Waals surface area (Å²) in [7, 11) is 3.23. The van der Waals surface area contributed by atoms with Crippen LogP contribution in [-0.4, -0.2) is 24.4 Å². The molecule has 5 heteroatoms. The SMILES string of the molecule is COc1ccc(Cc2nc(C(C)(C)C)no2)cc1OC. The molecule has 0 spiro atoms. The smallest absolute Gasteiger partial charge is 0.231 e. The summed E-state index contributed by atoms with van der Waals surface area (Å²) >= 11 is 0. The number of ether oxygens (including phenoxy) is 2. The zero-order chi connectivity index (χ0) is 14.8. The first-order valence-corrected chi connectivity index (χ1v) is 6.48. The van der Waals surface area contributed by atoms with Crippen LogP contribution in [-0.2, 0) is 11.8 Å². The largest absolute Gasteiger partial charge is 0.493 e. The minimum Gasteiger partial charge on any atom is -0.493 e. The van der Waals surface area contributed by atoms with Gasteiger partial charge in [-0.3, -0.25) is 0 Å². The van der Waals surface area contributed by atoms with Crippen LogP contribution in [0.5, 0.6) is 11.5 Å². The van der Waals surface area contributed by atoms with Crippen molar-refractivity contribution in [3.63, 3.8) is 0 Å². The second kappa shape index (κ2) is 5.53. The Morgan fingerprint density at radius 2 is 1.80 bits per heavy atom. The van der Waals surface area contributed by atoms with Gasteiger partial charge in [0.05, 0.1) is 20.6 Å². The molecular formula is C15H20N2O3. The van der Waals surface area contributed by atoms with Gasteiger partial charge in [-0.2, -0.15) is 4.98 Å². The molecule has 0 N–H and O–H groups in total. The molecule has 0 amide bonds. The van der Waals surface area contributed by atoms with Crippen molar-refractivity contribution in [2.75, 3.05) is 14.2 Å². The van der Waals surface area contributed by atoms with Crippen molar-refractivity contribution in [3.05, 3.63) is 35.5 Å². The number of hydrogen-bond donors (Lipinski definition) is 0. The Labute approximate surface area is 118 Å². The Morgan fingerprint density at radius 3 is 2.35 bits per heavy atom. The van der Waals surface area contributed by atoms with E-state index in [1.807, 2.05) is 18.2 Å². The van der Waals surface area contributed by atoms with Crippen molar-refractivity contribution in [2.45, 2.75) is 32.6 Å². The maximum atomic E-state index is 5.29. The van der Waals surface area contributed by atoms with E-state index in [0.29, 0.717) is 29.6 Å². The van der Waals surface area contributed by atoms with E-state index in [1.165, 1.54) is 0 Å². The van der Waals surface area contributed by atoms with Crippen LogP contribution in [0.1, 0.15) is 38.0 Å². The maximum Gasteiger partial charge on any atom is 0.231 e. The molecule has 0 bridgehead atoms. The fourth-order valence-corrected chi connectivity index (χ4v) is 1.80. The van der Waals surface area contributed by atoms with Gasteiger partial charge in [0.1, 0.15) is 0 Å². The average Bonchev–Trinajstić information content (AvgIpc) is 2.87. The van der Waals surface area contributed by atoms with Gasteiger partial charge in [0.2, 0.25) is 5.89 Å². The molecule has 108 valence electrons. The normalized spacial score (nSPS) is 11.4. The van der Waals surface area contributed by atoms with E-state index in [0.717, 1.165) is 5.56 Å². The topological polar surface area (TPSA) is 57.4 Å². The van der Waals surface area contributed by atoms with Gasteiger partial charge in [0.25, 0.3) is 0 Å². The Hall–Kier alpha value is -2.04. The third kappa shape index (κ3) is 3.10. The molecule has 0 fully saturated rings. The molecule has 2 rings (SSSR count). The number of hydrogen-bond acceptors (Lipinski definition) is 5. The summed E-state index contributed by atoms with van der Waals surface area (Å²) in [6, 6.07) is 5.75. The molecule has 0 saturated heterocycles. The highest BCUT2D eigenvalue weighted by Gasteiger charge is 2.21. The minimum atomic E-state index is -0.112. The number of rotatable bonds is 4. The molecule has 5 nitrogen and oxygen atoms in total. The van der Waals surface area contributed by atoms with Crippen molar-refractivity contribution < 1.29 is 14.0 Å². The number of aromatic nitrogens is 2. The highest BCUT2D eigenvalue weighted by Crippen LogP contribution is 2.28. The second-order valence-electron chi connectivity index (χ2n) is 5.63. The number of benzene rings is 1. The number of nitrogens with zero attached hydrogens (tertiary/aromatic N) is 2. The molecule has 2 aromatic rings. The summed E-state index contributed by atoms with van der Waals surface area (Å²) in [5.74, 6) is 2.72. The van der Waals surface area contributed by atoms with E-state index in [1.54, 1.807) is 14.2 Å². The van der Waals surface area contributed by atoms with Crippen LogP contribution >= 0.6 is 0 Å². The fourth-order valence-electron chi connectivity index (χ4n) is 1.80. The summed E-state index contributed by atoms with van der Waals surface area (Å²) in [4.78, 5) is 4.43. The predicted octanol–water partition coefficient (Wildman–Crippen LogP) is 2.98. The molecule has 0 aliphatic heterocycles. The summed E-state index contributed by atoms with van der Waals surface area (Å²) < 4.78 is 15.8. The van der Waals surface area contributed by atoms with Crippen LogP contribution in [0, 0.1) is 0 Å². The van der Waals surface area contributed by atoms with Gasteiger partial charge in [-0.25, -0.2) is 0 Å². The van der Waals surface area contributed by atoms with Crippen molar-refractivity contribution in [3.8, 4) is 11.5 Å². The molecule has 0 aliphatic rings. The zero-order valence-electron chi connectivity index (χ0n) is 12.6. The van der Waals surface area contributed by atoms with Crippen LogP contribution in [0.25, 0.3) is 0 Å². The monoisotopic (exact) mass is 276 g/mol. The molecular weight excluding hydrogens is 256 g/mol. The lowest BCUT2D eigenvalue weighted by atomic mass is 9.96. The van der Waals surface area contributed by atoms with Gasteiger partial charge >= 0.3 is 0 Å². The van der Waals surface area contributed by atoms with E-state index in [9.17, 15) is 0 Å². The molecule has 0 atom stereocenters. The molecule has 0 unspecified atom stereocenters. The van der Waals surface area contributed by atoms with E-state index >= 15 is 0 Å². The highest BCUT2D eigenvalue weighted by atomic mass is 16.5. The van der Waals surface area contributed by atoms with E-state index in [2.05, 4.69) is 30.9 Å². The molecule has 0 saturated carbocycles. The lowest BCUT2D eigenvalue weighted by Gasteiger charge is -2.11. The molecule has 1 aromatic carbocycles. The molecule has 0 aliphatic carbocycles. The van der Waals surface area contributed by atoms with Crippen LogP contribution in [0.3, 0.4) is 0 Å². The van der Waals surface area contributed by atoms with E-state index in [-0.39, 0.29) is 5.41 Å². The average molecular weight is 276 g/mol. The lowest BCUT2D eigenvalue weighted by Crippen LogP contribution is -2.13. The minimum absolute atomic E-state index is 0.112. The van der Waals surface area contributed by atoms with Crippen LogP contribution in [0.15, 0.2) is 22.7 Å². The first-order valence-electron chi connectivity index (χ1n) is 6.48. The maximum absolute atomic E-state index is 5.29. The fraction of sp³-hybridized carbons (Fsp3) is 0.467. The third-order valence-electron chi connectivity index (χ3n) is 2.94. The molecule has 0 radical (unpaired) electrons. The predicted molar refractivity (Wildman–Crippen MR) is 75.4 cm³/mol. The third-order valence-corrected chi connectivity index (χ3v) is 2.94. The van der Waals surface area contributed by atoms with Gasteiger partial charge in [-0.1, -0.05) is 32.0 Å². The van der Waals surface area contributed by atoms with Gasteiger partial charge in [0, 0.05) is 5.41 Å².